The molecule has 2 N–H and O–H groups in total. The molecule has 11 nitrogen and oxygen atoms in total. The van der Waals surface area contributed by atoms with Crippen LogP contribution in [0, 0.1) is 0 Å². The molecule has 5 heterocycles. The Hall–Kier alpha value is -1.63. The van der Waals surface area contributed by atoms with Crippen molar-refractivity contribution in [3.05, 3.63) is 5.82 Å². The lowest BCUT2D eigenvalue weighted by molar-refractivity contribution is -0.0579. The van der Waals surface area contributed by atoms with Crippen LogP contribution in [0.4, 0.5) is 11.9 Å². The molecule has 0 aromatic carbocycles. The summed E-state index contributed by atoms with van der Waals surface area (Å²) < 4.78 is 5.86. The number of rotatable bonds is 19. The fourth-order valence-corrected chi connectivity index (χ4v) is 13.1. The molecule has 0 unspecified atom stereocenters. The van der Waals surface area contributed by atoms with E-state index in [9.17, 15) is 0 Å². The van der Waals surface area contributed by atoms with Gasteiger partial charge >= 0.3 is 0 Å². The Morgan fingerprint density at radius 1 is 0.651 bits per heavy atom. The molecular weight excluding hydrogens is 781 g/mol. The second-order valence-electron chi connectivity index (χ2n) is 24.6. The van der Waals surface area contributed by atoms with Gasteiger partial charge in [0.15, 0.2) is 5.82 Å². The Morgan fingerprint density at radius 3 is 1.60 bits per heavy atom. The molecule has 0 atom stereocenters. The first-order valence-electron chi connectivity index (χ1n) is 25.9. The smallest absolute Gasteiger partial charge is 0.230 e. The van der Waals surface area contributed by atoms with Crippen molar-refractivity contribution in [2.24, 2.45) is 0 Å². The normalized spacial score (nSPS) is 24.7. The lowest BCUT2D eigenvalue weighted by atomic mass is 9.76. The molecule has 0 radical (unpaired) electrons. The van der Waals surface area contributed by atoms with Crippen molar-refractivity contribution in [3.8, 4) is 0 Å². The Balaban J connectivity index is 1.45. The summed E-state index contributed by atoms with van der Waals surface area (Å²) >= 11 is 0. The molecule has 364 valence electrons. The van der Waals surface area contributed by atoms with Crippen molar-refractivity contribution in [1.29, 1.82) is 0 Å². The minimum atomic E-state index is -0.372. The van der Waals surface area contributed by atoms with Crippen LogP contribution in [0.1, 0.15) is 206 Å². The number of nitrogens with zero attached hydrogens (tertiary/aromatic N) is 8. The van der Waals surface area contributed by atoms with Gasteiger partial charge in [-0.2, -0.15) is 15.0 Å². The summed E-state index contributed by atoms with van der Waals surface area (Å²) in [7, 11) is 4.66. The number of likely N-dealkylation sites (tertiary alicyclic amines) is 2. The number of hydrogen-bond acceptors (Lipinski definition) is 11. The lowest BCUT2D eigenvalue weighted by Crippen LogP contribution is -2.64. The number of unbranched alkanes of at least 4 members (excludes halogenated alkanes) is 3. The summed E-state index contributed by atoms with van der Waals surface area (Å²) in [6, 6.07) is 1.93. The van der Waals surface area contributed by atoms with E-state index in [2.05, 4.69) is 160 Å². The molecule has 4 aliphatic heterocycles. The fourth-order valence-electron chi connectivity index (χ4n) is 13.1. The first-order chi connectivity index (χ1) is 29.2. The minimum Gasteiger partial charge on any atom is -0.378 e. The maximum atomic E-state index is 5.86. The Bertz CT molecular complexity index is 1540. The number of piperidine rings is 3. The molecule has 4 saturated heterocycles. The van der Waals surface area contributed by atoms with Crippen molar-refractivity contribution < 1.29 is 4.74 Å². The van der Waals surface area contributed by atoms with Crippen molar-refractivity contribution in [3.63, 3.8) is 0 Å². The van der Waals surface area contributed by atoms with Gasteiger partial charge in [-0.1, -0.05) is 40.5 Å². The highest BCUT2D eigenvalue weighted by molar-refractivity contribution is 5.42. The van der Waals surface area contributed by atoms with Crippen molar-refractivity contribution in [1.82, 2.24) is 40.3 Å². The summed E-state index contributed by atoms with van der Waals surface area (Å²) in [6.45, 7) is 43.6. The number of hydrogen-bond donors (Lipinski definition) is 2. The van der Waals surface area contributed by atoms with Gasteiger partial charge in [0.05, 0.1) is 18.8 Å². The summed E-state index contributed by atoms with van der Waals surface area (Å²) in [5.41, 5.74) is 0.160. The molecule has 0 spiro atoms. The third kappa shape index (κ3) is 12.5. The number of anilines is 2. The molecule has 5 rings (SSSR count). The second-order valence-corrected chi connectivity index (χ2v) is 24.6. The number of ether oxygens (including phenoxy) is 1. The Labute approximate surface area is 388 Å². The molecule has 1 aromatic heterocycles. The molecular formula is C52H100N10O. The number of aromatic nitrogens is 3. The van der Waals surface area contributed by atoms with Crippen LogP contribution in [0.5, 0.6) is 0 Å². The molecule has 0 aliphatic carbocycles. The maximum Gasteiger partial charge on any atom is 0.230 e. The van der Waals surface area contributed by atoms with Crippen LogP contribution in [-0.2, 0) is 10.3 Å². The van der Waals surface area contributed by atoms with Gasteiger partial charge < -0.3 is 25.2 Å². The van der Waals surface area contributed by atoms with Gasteiger partial charge in [0, 0.05) is 77.0 Å². The maximum absolute atomic E-state index is 5.86. The van der Waals surface area contributed by atoms with Crippen molar-refractivity contribution in [2.75, 3.05) is 63.3 Å². The Kier molecular flexibility index (Phi) is 16.9. The minimum absolute atomic E-state index is 0.0349. The molecule has 0 amide bonds. The standard InChI is InChI=1S/C52H100N10O/c1-19-40(20-2)61(41-35-48(9,10)58(17)49(11,12)36-41)27-25-23-24-26-28-62(42-37-50(13,14)59(18)51(15,16)38-42)45-54-43(53-44(55-45)60-29-31-63-32-30-60)52(21-3,22-4)56-39-33-46(5,6)57-47(7,8)34-39/h39-42,56-57H,19-38H2,1-18H3. The lowest BCUT2D eigenvalue weighted by Gasteiger charge is -2.56. The zero-order valence-electron chi connectivity index (χ0n) is 44.4. The highest BCUT2D eigenvalue weighted by Crippen LogP contribution is 2.42. The molecule has 0 bridgehead atoms. The van der Waals surface area contributed by atoms with E-state index in [-0.39, 0.29) is 38.8 Å². The summed E-state index contributed by atoms with van der Waals surface area (Å²) in [5, 5.41) is 8.17. The predicted octanol–water partition coefficient (Wildman–Crippen LogP) is 9.78. The van der Waals surface area contributed by atoms with E-state index in [1.807, 2.05) is 0 Å². The van der Waals surface area contributed by atoms with Crippen molar-refractivity contribution >= 4 is 11.9 Å². The molecule has 1 aromatic rings. The first kappa shape index (κ1) is 52.3. The zero-order valence-corrected chi connectivity index (χ0v) is 44.4. The monoisotopic (exact) mass is 881 g/mol. The van der Waals surface area contributed by atoms with E-state index < -0.39 is 0 Å². The van der Waals surface area contributed by atoms with E-state index in [0.29, 0.717) is 37.4 Å². The Morgan fingerprint density at radius 2 is 1.13 bits per heavy atom. The van der Waals surface area contributed by atoms with Crippen LogP contribution in [0.15, 0.2) is 0 Å². The third-order valence-electron chi connectivity index (χ3n) is 16.9. The van der Waals surface area contributed by atoms with E-state index in [1.54, 1.807) is 0 Å². The van der Waals surface area contributed by atoms with Crippen LogP contribution in [-0.4, -0.2) is 141 Å². The summed E-state index contributed by atoms with van der Waals surface area (Å²) in [6.07, 6.45) is 15.8. The fraction of sp³-hybridized carbons (Fsp3) is 0.942. The molecule has 4 aliphatic rings. The van der Waals surface area contributed by atoms with Crippen LogP contribution in [0.3, 0.4) is 0 Å². The van der Waals surface area contributed by atoms with E-state index in [0.717, 1.165) is 82.3 Å². The third-order valence-corrected chi connectivity index (χ3v) is 16.9. The topological polar surface area (TPSA) is 88.2 Å². The van der Waals surface area contributed by atoms with Gasteiger partial charge in [-0.25, -0.2) is 0 Å². The molecule has 4 fully saturated rings. The quantitative estimate of drug-likeness (QED) is 0.130. The highest BCUT2D eigenvalue weighted by Gasteiger charge is 2.48. The van der Waals surface area contributed by atoms with Gasteiger partial charge in [-0.15, -0.1) is 0 Å². The number of morpholine rings is 1. The van der Waals surface area contributed by atoms with Crippen LogP contribution in [0.2, 0.25) is 0 Å². The van der Waals surface area contributed by atoms with Gasteiger partial charge in [-0.05, 0) is 181 Å². The average molecular weight is 881 g/mol. The predicted molar refractivity (Wildman–Crippen MR) is 267 cm³/mol. The average Bonchev–Trinajstić information content (AvgIpc) is 3.19. The summed E-state index contributed by atoms with van der Waals surface area (Å²) in [5.74, 6) is 2.59. The SMILES string of the molecule is CCC(CC)N(CCCCCCN(c1nc(N2CCOCC2)nc(C(CC)(CC)NC2CC(C)(C)NC(C)(C)C2)n1)C1CC(C)(C)N(C)C(C)(C)C1)C1CC(C)(C)N(C)C(C)(C)C1. The van der Waals surface area contributed by atoms with Gasteiger partial charge in [0.1, 0.15) is 0 Å². The first-order valence-corrected chi connectivity index (χ1v) is 25.9. The van der Waals surface area contributed by atoms with Crippen LogP contribution in [0.25, 0.3) is 0 Å². The van der Waals surface area contributed by atoms with Gasteiger partial charge in [0.25, 0.3) is 0 Å². The van der Waals surface area contributed by atoms with Crippen molar-refractivity contribution in [2.45, 2.75) is 264 Å². The summed E-state index contributed by atoms with van der Waals surface area (Å²) in [4.78, 5) is 29.8. The second kappa shape index (κ2) is 20.3. The molecule has 63 heavy (non-hydrogen) atoms. The number of nitrogens with one attached hydrogen (secondary N) is 2. The van der Waals surface area contributed by atoms with Gasteiger partial charge in [-0.3, -0.25) is 14.7 Å². The highest BCUT2D eigenvalue weighted by atomic mass is 16.5. The van der Waals surface area contributed by atoms with E-state index in [4.69, 9.17) is 19.7 Å². The van der Waals surface area contributed by atoms with Crippen LogP contribution < -0.4 is 20.4 Å². The van der Waals surface area contributed by atoms with E-state index in [1.165, 1.54) is 51.5 Å². The van der Waals surface area contributed by atoms with E-state index >= 15 is 0 Å². The zero-order chi connectivity index (χ0) is 46.8. The molecule has 11 heteroatoms. The van der Waals surface area contributed by atoms with Gasteiger partial charge in [0.2, 0.25) is 11.9 Å². The largest absolute Gasteiger partial charge is 0.378 e. The molecule has 0 saturated carbocycles. The van der Waals surface area contributed by atoms with Crippen LogP contribution >= 0.6 is 0 Å².